The van der Waals surface area contributed by atoms with Crippen molar-refractivity contribution in [2.75, 3.05) is 0 Å². The van der Waals surface area contributed by atoms with Gasteiger partial charge in [-0.3, -0.25) is 0 Å². The summed E-state index contributed by atoms with van der Waals surface area (Å²) in [6.45, 7) is 4.91. The molecule has 0 spiro atoms. The van der Waals surface area contributed by atoms with E-state index in [2.05, 4.69) is 29.8 Å². The van der Waals surface area contributed by atoms with Crippen molar-refractivity contribution < 1.29 is 20.8 Å². The molecule has 0 aliphatic heterocycles. The molecule has 29 heavy (non-hydrogen) atoms. The van der Waals surface area contributed by atoms with Gasteiger partial charge in [0.05, 0.1) is 0 Å². The Balaban J connectivity index is 0.000000250. The Morgan fingerprint density at radius 2 is 1.28 bits per heavy atom. The Labute approximate surface area is 210 Å². The molecule has 0 aromatic carbocycles. The summed E-state index contributed by atoms with van der Waals surface area (Å²) in [5, 5.41) is 0. The molecule has 9 unspecified atom stereocenters. The van der Waals surface area contributed by atoms with Crippen molar-refractivity contribution in [2.45, 2.75) is 95.7 Å². The topological polar surface area (TPSA) is 0 Å². The van der Waals surface area contributed by atoms with Crippen molar-refractivity contribution in [1.82, 2.24) is 0 Å². The molecule has 0 saturated heterocycles. The Hall–Kier alpha value is 1.94. The molecule has 0 bridgehead atoms. The van der Waals surface area contributed by atoms with Crippen molar-refractivity contribution in [3.8, 4) is 0 Å². The van der Waals surface area contributed by atoms with Gasteiger partial charge in [0.25, 0.3) is 0 Å². The van der Waals surface area contributed by atoms with Crippen LogP contribution in [-0.2, 0) is 20.8 Å². The van der Waals surface area contributed by atoms with Gasteiger partial charge in [0, 0.05) is 4.83 Å². The molecular weight excluding hydrogens is 542 g/mol. The predicted octanol–water partition coefficient (Wildman–Crippen LogP) is 9.73. The maximum atomic E-state index is 4.93. The van der Waals surface area contributed by atoms with Crippen molar-refractivity contribution >= 4 is 33.0 Å². The summed E-state index contributed by atoms with van der Waals surface area (Å²) < 4.78 is 0. The summed E-state index contributed by atoms with van der Waals surface area (Å²) in [5.41, 5.74) is 0. The van der Waals surface area contributed by atoms with Crippen LogP contribution in [0.3, 0.4) is 0 Å². The van der Waals surface area contributed by atoms with Crippen LogP contribution in [0.2, 0.25) is 0 Å². The van der Waals surface area contributed by atoms with Gasteiger partial charge in [-0.15, -0.1) is 0 Å². The van der Waals surface area contributed by atoms with Crippen LogP contribution in [0.1, 0.15) is 90.9 Å². The fourth-order valence-electron chi connectivity index (χ4n) is 7.62. The van der Waals surface area contributed by atoms with Gasteiger partial charge in [-0.05, 0) is 85.9 Å². The van der Waals surface area contributed by atoms with Gasteiger partial charge in [0.2, 0.25) is 0 Å². The molecule has 0 N–H and O–H groups in total. The van der Waals surface area contributed by atoms with Crippen molar-refractivity contribution in [3.63, 3.8) is 0 Å². The molecule has 5 fully saturated rings. The Morgan fingerprint density at radius 1 is 0.655 bits per heavy atom. The summed E-state index contributed by atoms with van der Waals surface area (Å²) in [4.78, 5) is 0.874. The van der Waals surface area contributed by atoms with Gasteiger partial charge in [-0.25, -0.2) is 0 Å². The van der Waals surface area contributed by atoms with Gasteiger partial charge < -0.3 is 14.9 Å². The van der Waals surface area contributed by atoms with Crippen molar-refractivity contribution in [3.05, 3.63) is 14.9 Å². The molecule has 0 radical (unpaired) electrons. The van der Waals surface area contributed by atoms with Crippen LogP contribution in [0.25, 0.3) is 0 Å². The average Bonchev–Trinajstić information content (AvgIpc) is 3.36. The Kier molecular flexibility index (Phi) is 14.2. The molecule has 0 heterocycles. The summed E-state index contributed by atoms with van der Waals surface area (Å²) >= 11 is 3.20. The second-order valence-electron chi connectivity index (χ2n) is 10.4. The van der Waals surface area contributed by atoms with Crippen molar-refractivity contribution in [1.29, 1.82) is 0 Å². The number of alkyl halides is 1. The summed E-state index contributed by atoms with van der Waals surface area (Å²) in [7, 11) is 9.87. The van der Waals surface area contributed by atoms with E-state index in [1.807, 2.05) is 0 Å². The van der Waals surface area contributed by atoms with E-state index in [1.165, 1.54) is 51.4 Å². The zero-order chi connectivity index (χ0) is 19.4. The Bertz CT molecular complexity index is 447. The van der Waals surface area contributed by atoms with Crippen LogP contribution >= 0.6 is 33.0 Å². The SMILES string of the molecule is CC1CC2CC3CCCC3C(Br)C2C1.CC1CCC2CCCCC12.[CH3-].[CH3-].[Cl][Zr+2][Cl]. The second-order valence-corrected chi connectivity index (χ2v) is 15.2. The summed E-state index contributed by atoms with van der Waals surface area (Å²) in [5.74, 6) is 8.58. The molecule has 9 atom stereocenters. The third-order valence-corrected chi connectivity index (χ3v) is 10.2. The normalized spacial score (nSPS) is 44.1. The van der Waals surface area contributed by atoms with E-state index in [0.717, 1.165) is 52.2 Å². The minimum absolute atomic E-state index is 0. The first kappa shape index (κ1) is 29.0. The molecule has 4 heteroatoms. The first-order chi connectivity index (χ1) is 13.0. The fraction of sp³-hybridized carbons (Fsp3) is 0.920. The Morgan fingerprint density at radius 3 is 1.97 bits per heavy atom. The molecular formula is C25H45BrCl2Zr. The molecule has 5 aliphatic carbocycles. The van der Waals surface area contributed by atoms with Gasteiger partial charge in [0.1, 0.15) is 0 Å². The van der Waals surface area contributed by atoms with Gasteiger partial charge in [0.15, 0.2) is 0 Å². The van der Waals surface area contributed by atoms with Crippen LogP contribution in [0.4, 0.5) is 0 Å². The summed E-state index contributed by atoms with van der Waals surface area (Å²) in [6, 6.07) is 0. The molecule has 0 nitrogen and oxygen atoms in total. The number of hydrogen-bond donors (Lipinski definition) is 0. The fourth-order valence-corrected chi connectivity index (χ4v) is 8.97. The van der Waals surface area contributed by atoms with Gasteiger partial charge in [-0.2, -0.15) is 0 Å². The van der Waals surface area contributed by atoms with E-state index in [4.69, 9.17) is 17.0 Å². The van der Waals surface area contributed by atoms with E-state index in [1.54, 1.807) is 25.7 Å². The van der Waals surface area contributed by atoms with E-state index in [0.29, 0.717) is 0 Å². The molecule has 0 aromatic rings. The van der Waals surface area contributed by atoms with Crippen LogP contribution in [-0.4, -0.2) is 4.83 Å². The third-order valence-electron chi connectivity index (χ3n) is 8.82. The first-order valence-electron chi connectivity index (χ1n) is 11.6. The molecule has 170 valence electrons. The molecule has 0 amide bonds. The van der Waals surface area contributed by atoms with Gasteiger partial charge >= 0.3 is 37.9 Å². The second kappa shape index (κ2) is 14.3. The monoisotopic (exact) mass is 584 g/mol. The minimum atomic E-state index is -0.826. The molecule has 0 aromatic heterocycles. The third kappa shape index (κ3) is 7.47. The number of halogens is 3. The predicted molar refractivity (Wildman–Crippen MR) is 132 cm³/mol. The van der Waals surface area contributed by atoms with Crippen molar-refractivity contribution in [2.24, 2.45) is 47.3 Å². The maximum absolute atomic E-state index is 4.93. The molecule has 5 saturated carbocycles. The number of hydrogen-bond acceptors (Lipinski definition) is 0. The van der Waals surface area contributed by atoms with E-state index in [9.17, 15) is 0 Å². The van der Waals surface area contributed by atoms with E-state index < -0.39 is 20.8 Å². The zero-order valence-corrected chi connectivity index (χ0v) is 24.9. The van der Waals surface area contributed by atoms with E-state index >= 15 is 0 Å². The quantitative estimate of drug-likeness (QED) is 0.196. The first-order valence-corrected chi connectivity index (χ1v) is 18.9. The van der Waals surface area contributed by atoms with E-state index in [-0.39, 0.29) is 14.9 Å². The number of rotatable bonds is 0. The van der Waals surface area contributed by atoms with Gasteiger partial charge in [-0.1, -0.05) is 68.3 Å². The number of fused-ring (bicyclic) bond motifs is 3. The van der Waals surface area contributed by atoms with Crippen LogP contribution in [0.5, 0.6) is 0 Å². The molecule has 5 aliphatic rings. The average molecular weight is 588 g/mol. The summed E-state index contributed by atoms with van der Waals surface area (Å²) in [6.07, 6.45) is 18.4. The molecule has 5 rings (SSSR count). The van der Waals surface area contributed by atoms with Crippen LogP contribution in [0.15, 0.2) is 0 Å². The van der Waals surface area contributed by atoms with Crippen LogP contribution in [0, 0.1) is 62.2 Å². The zero-order valence-electron chi connectivity index (χ0n) is 19.3. The van der Waals surface area contributed by atoms with Crippen LogP contribution < -0.4 is 0 Å². The standard InChI is InChI=1S/C13H21Br.C10H18.2CH3.2ClH.Zr/c1-8-5-10-7-9-3-2-4-11(9)13(14)12(10)6-8;1-8-6-7-9-4-2-3-5-10(8)9;;;;;/h8-13H,2-7H2,1H3;8-10H,2-7H2,1H3;2*1H3;2*1H;/q;;2*-1;;;+4/p-2.